The van der Waals surface area contributed by atoms with Crippen molar-refractivity contribution in [2.45, 2.75) is 10.6 Å². The Kier molecular flexibility index (Phi) is 8.52. The van der Waals surface area contributed by atoms with Crippen molar-refractivity contribution < 1.29 is 17.9 Å². The first-order chi connectivity index (χ1) is 19.2. The number of sulfone groups is 1. The largest absolute Gasteiger partial charge is 0.384 e. The van der Waals surface area contributed by atoms with Crippen molar-refractivity contribution in [3.05, 3.63) is 85.3 Å². The number of morpholine rings is 1. The van der Waals surface area contributed by atoms with Crippen LogP contribution in [0.1, 0.15) is 5.56 Å². The van der Waals surface area contributed by atoms with E-state index in [0.29, 0.717) is 26.5 Å². The Morgan fingerprint density at radius 2 is 1.80 bits per heavy atom. The summed E-state index contributed by atoms with van der Waals surface area (Å²) < 4.78 is 31.7. The molecule has 3 heterocycles. The number of fused-ring (bicyclic) bond motifs is 1. The number of rotatable bonds is 10. The molecule has 0 amide bonds. The summed E-state index contributed by atoms with van der Waals surface area (Å²) in [4.78, 5) is 43.6. The maximum absolute atomic E-state index is 13.2. The lowest BCUT2D eigenvalue weighted by atomic mass is 10.1. The van der Waals surface area contributed by atoms with Gasteiger partial charge in [0.2, 0.25) is 0 Å². The molecule has 10 nitrogen and oxygen atoms in total. The van der Waals surface area contributed by atoms with Gasteiger partial charge in [-0.2, -0.15) is 0 Å². The van der Waals surface area contributed by atoms with E-state index in [4.69, 9.17) is 16.3 Å². The molecule has 0 atom stereocenters. The molecule has 40 heavy (non-hydrogen) atoms. The van der Waals surface area contributed by atoms with Gasteiger partial charge in [0.25, 0.3) is 5.56 Å². The van der Waals surface area contributed by atoms with Crippen molar-refractivity contribution in [3.8, 4) is 5.69 Å². The van der Waals surface area contributed by atoms with E-state index >= 15 is 0 Å². The SMILES string of the molecule is O=C(Cc1ccc(-n2c(=O)[nH]c3cc(NCCN4CCOCC4)ccc3c2=O)cc1)CS(=O)(=O)c1ccc(Cl)s1. The predicted octanol–water partition coefficient (Wildman–Crippen LogP) is 2.72. The second kappa shape index (κ2) is 12.1. The van der Waals surface area contributed by atoms with Gasteiger partial charge in [0.15, 0.2) is 15.6 Å². The fourth-order valence-corrected chi connectivity index (χ4v) is 7.35. The van der Waals surface area contributed by atoms with Crippen LogP contribution < -0.4 is 16.6 Å². The van der Waals surface area contributed by atoms with E-state index in [1.165, 1.54) is 12.1 Å². The van der Waals surface area contributed by atoms with E-state index in [9.17, 15) is 22.8 Å². The summed E-state index contributed by atoms with van der Waals surface area (Å²) in [6.45, 7) is 4.85. The third-order valence-electron chi connectivity index (χ3n) is 6.56. The molecule has 0 radical (unpaired) electrons. The number of ether oxygens (including phenoxy) is 1. The van der Waals surface area contributed by atoms with Gasteiger partial charge in [-0.1, -0.05) is 23.7 Å². The number of aromatic nitrogens is 2. The number of Topliss-reactive ketones (excluding diaryl/α,β-unsaturated/α-hetero) is 1. The summed E-state index contributed by atoms with van der Waals surface area (Å²) in [5.74, 6) is -1.12. The van der Waals surface area contributed by atoms with E-state index in [-0.39, 0.29) is 10.6 Å². The number of anilines is 1. The number of H-pyrrole nitrogens is 1. The minimum atomic E-state index is -3.77. The molecular weight excluding hydrogens is 576 g/mol. The van der Waals surface area contributed by atoms with Gasteiger partial charge in [-0.15, -0.1) is 11.3 Å². The Balaban J connectivity index is 1.27. The number of aromatic amines is 1. The van der Waals surface area contributed by atoms with Crippen LogP contribution in [0.5, 0.6) is 0 Å². The van der Waals surface area contributed by atoms with Crippen LogP contribution in [-0.2, 0) is 25.8 Å². The van der Waals surface area contributed by atoms with Gasteiger partial charge in [-0.05, 0) is 48.0 Å². The molecule has 1 saturated heterocycles. The summed E-state index contributed by atoms with van der Waals surface area (Å²) in [6.07, 6.45) is -0.108. The van der Waals surface area contributed by atoms with E-state index in [2.05, 4.69) is 15.2 Å². The highest BCUT2D eigenvalue weighted by atomic mass is 35.5. The van der Waals surface area contributed by atoms with Crippen molar-refractivity contribution in [1.82, 2.24) is 14.5 Å². The second-order valence-corrected chi connectivity index (χ2v) is 13.3. The van der Waals surface area contributed by atoms with Crippen LogP contribution >= 0.6 is 22.9 Å². The fourth-order valence-electron chi connectivity index (χ4n) is 4.54. The Bertz CT molecular complexity index is 1760. The minimum absolute atomic E-state index is 0.0481. The van der Waals surface area contributed by atoms with E-state index < -0.39 is 32.6 Å². The number of nitrogens with one attached hydrogen (secondary N) is 2. The summed E-state index contributed by atoms with van der Waals surface area (Å²) in [5.41, 5.74) is 1.06. The predicted molar refractivity (Wildman–Crippen MR) is 156 cm³/mol. The van der Waals surface area contributed by atoms with Gasteiger partial charge in [-0.3, -0.25) is 14.5 Å². The number of benzene rings is 2. The molecule has 4 aromatic rings. The lowest BCUT2D eigenvalue weighted by molar-refractivity contribution is -0.116. The zero-order valence-corrected chi connectivity index (χ0v) is 23.8. The first-order valence-corrected chi connectivity index (χ1v) is 15.5. The number of thiophene rings is 1. The molecular formula is C27H27ClN4O6S2. The third kappa shape index (κ3) is 6.53. The van der Waals surface area contributed by atoms with Crippen molar-refractivity contribution in [1.29, 1.82) is 0 Å². The highest BCUT2D eigenvalue weighted by molar-refractivity contribution is 7.94. The topological polar surface area (TPSA) is 131 Å². The lowest BCUT2D eigenvalue weighted by Crippen LogP contribution is -2.39. The van der Waals surface area contributed by atoms with E-state index in [1.807, 2.05) is 0 Å². The highest BCUT2D eigenvalue weighted by Gasteiger charge is 2.21. The van der Waals surface area contributed by atoms with Crippen molar-refractivity contribution in [2.75, 3.05) is 50.5 Å². The van der Waals surface area contributed by atoms with Crippen LogP contribution in [0, 0.1) is 0 Å². The van der Waals surface area contributed by atoms with Crippen LogP contribution in [0.3, 0.4) is 0 Å². The molecule has 13 heteroatoms. The van der Waals surface area contributed by atoms with E-state index in [0.717, 1.165) is 61.0 Å². The standard InChI is InChI=1S/C27H27ClN4O6S2/c28-24-7-8-25(39-24)40(36,37)17-21(33)15-18-1-4-20(5-2-18)32-26(34)22-6-3-19(16-23(22)30-27(32)35)29-9-10-31-11-13-38-14-12-31/h1-8,16,29H,9-15,17H2,(H,30,35). The van der Waals surface area contributed by atoms with Crippen molar-refractivity contribution in [2.24, 2.45) is 0 Å². The maximum atomic E-state index is 13.2. The summed E-state index contributed by atoms with van der Waals surface area (Å²) >= 11 is 6.72. The average Bonchev–Trinajstić information content (AvgIpc) is 3.37. The van der Waals surface area contributed by atoms with Crippen molar-refractivity contribution in [3.63, 3.8) is 0 Å². The first kappa shape index (κ1) is 28.2. The van der Waals surface area contributed by atoms with Crippen LogP contribution in [0.2, 0.25) is 4.34 Å². The molecule has 2 aromatic heterocycles. The number of ketones is 1. The van der Waals surface area contributed by atoms with Crippen molar-refractivity contribution >= 4 is 55.1 Å². The second-order valence-electron chi connectivity index (χ2n) is 9.41. The molecule has 1 aliphatic rings. The van der Waals surface area contributed by atoms with Gasteiger partial charge < -0.3 is 15.0 Å². The minimum Gasteiger partial charge on any atom is -0.384 e. The lowest BCUT2D eigenvalue weighted by Gasteiger charge is -2.26. The summed E-state index contributed by atoms with van der Waals surface area (Å²) in [6, 6.07) is 14.4. The Hall–Kier alpha value is -3.29. The van der Waals surface area contributed by atoms with Crippen LogP contribution in [0.4, 0.5) is 5.69 Å². The molecule has 2 aromatic carbocycles. The molecule has 0 bridgehead atoms. The number of carbonyl (C=O) groups excluding carboxylic acids is 1. The van der Waals surface area contributed by atoms with Crippen LogP contribution in [0.15, 0.2) is 68.4 Å². The summed E-state index contributed by atoms with van der Waals surface area (Å²) in [7, 11) is -3.77. The number of halogens is 1. The van der Waals surface area contributed by atoms with Gasteiger partial charge >= 0.3 is 5.69 Å². The van der Waals surface area contributed by atoms with Crippen LogP contribution in [0.25, 0.3) is 16.6 Å². The van der Waals surface area contributed by atoms with E-state index in [1.54, 1.807) is 42.5 Å². The quantitative estimate of drug-likeness (QED) is 0.283. The number of hydrogen-bond donors (Lipinski definition) is 2. The molecule has 210 valence electrons. The smallest absolute Gasteiger partial charge is 0.333 e. The zero-order valence-electron chi connectivity index (χ0n) is 21.4. The maximum Gasteiger partial charge on any atom is 0.333 e. The fraction of sp³-hybridized carbons (Fsp3) is 0.296. The molecule has 0 unspecified atom stereocenters. The number of nitrogens with zero attached hydrogens (tertiary/aromatic N) is 2. The highest BCUT2D eigenvalue weighted by Crippen LogP contribution is 2.26. The Labute approximate surface area is 239 Å². The first-order valence-electron chi connectivity index (χ1n) is 12.6. The molecule has 5 rings (SSSR count). The third-order valence-corrected chi connectivity index (χ3v) is 10.0. The van der Waals surface area contributed by atoms with Crippen LogP contribution in [-0.4, -0.2) is 73.8 Å². The van der Waals surface area contributed by atoms with Gasteiger partial charge in [0.05, 0.1) is 34.1 Å². The zero-order chi connectivity index (χ0) is 28.3. The molecule has 1 aliphatic heterocycles. The van der Waals surface area contributed by atoms with Gasteiger partial charge in [0, 0.05) is 38.3 Å². The molecule has 0 saturated carbocycles. The number of carbonyl (C=O) groups is 1. The Morgan fingerprint density at radius 3 is 2.50 bits per heavy atom. The van der Waals surface area contributed by atoms with Gasteiger partial charge in [0.1, 0.15) is 9.96 Å². The molecule has 0 aliphatic carbocycles. The molecule has 0 spiro atoms. The number of hydrogen-bond acceptors (Lipinski definition) is 9. The summed E-state index contributed by atoms with van der Waals surface area (Å²) in [5, 5.41) is 3.69. The molecule has 1 fully saturated rings. The average molecular weight is 603 g/mol. The molecule has 2 N–H and O–H groups in total. The van der Waals surface area contributed by atoms with Gasteiger partial charge in [-0.25, -0.2) is 17.8 Å². The Morgan fingerprint density at radius 1 is 1.05 bits per heavy atom. The normalized spacial score (nSPS) is 14.4. The monoisotopic (exact) mass is 602 g/mol.